The van der Waals surface area contributed by atoms with Crippen LogP contribution in [0.3, 0.4) is 0 Å². The number of hydrogen-bond donors (Lipinski definition) is 2. The zero-order chi connectivity index (χ0) is 15.9. The van der Waals surface area contributed by atoms with Gasteiger partial charge >= 0.3 is 6.03 Å². The normalized spacial score (nSPS) is 10.3. The van der Waals surface area contributed by atoms with Crippen molar-refractivity contribution >= 4 is 11.7 Å². The SMILES string of the molecule is O=C(NCCc1ccccn1)Nc1cnn(-c2ccccc2)c1. The van der Waals surface area contributed by atoms with E-state index in [2.05, 4.69) is 20.7 Å². The first-order valence-corrected chi connectivity index (χ1v) is 7.36. The van der Waals surface area contributed by atoms with Crippen molar-refractivity contribution in [2.24, 2.45) is 0 Å². The van der Waals surface area contributed by atoms with Crippen molar-refractivity contribution in [3.8, 4) is 5.69 Å². The molecule has 0 fully saturated rings. The van der Waals surface area contributed by atoms with Crippen molar-refractivity contribution < 1.29 is 4.79 Å². The number of para-hydroxylation sites is 1. The van der Waals surface area contributed by atoms with Crippen LogP contribution in [0.1, 0.15) is 5.69 Å². The number of anilines is 1. The molecule has 0 atom stereocenters. The van der Waals surface area contributed by atoms with Crippen LogP contribution in [0.15, 0.2) is 67.1 Å². The second-order valence-corrected chi connectivity index (χ2v) is 4.96. The Morgan fingerprint density at radius 1 is 1.09 bits per heavy atom. The second-order valence-electron chi connectivity index (χ2n) is 4.96. The highest BCUT2D eigenvalue weighted by molar-refractivity contribution is 5.88. The third kappa shape index (κ3) is 4.16. The Bertz CT molecular complexity index is 755. The monoisotopic (exact) mass is 307 g/mol. The average molecular weight is 307 g/mol. The van der Waals surface area contributed by atoms with Gasteiger partial charge in [0.15, 0.2) is 0 Å². The maximum absolute atomic E-state index is 11.9. The molecule has 2 amide bonds. The van der Waals surface area contributed by atoms with Crippen LogP contribution in [0.4, 0.5) is 10.5 Å². The van der Waals surface area contributed by atoms with Gasteiger partial charge in [0, 0.05) is 24.9 Å². The third-order valence-corrected chi connectivity index (χ3v) is 3.25. The van der Waals surface area contributed by atoms with Gasteiger partial charge in [0.1, 0.15) is 0 Å². The summed E-state index contributed by atoms with van der Waals surface area (Å²) in [4.78, 5) is 16.1. The molecule has 0 saturated carbocycles. The van der Waals surface area contributed by atoms with Crippen molar-refractivity contribution in [2.75, 3.05) is 11.9 Å². The van der Waals surface area contributed by atoms with E-state index >= 15 is 0 Å². The maximum Gasteiger partial charge on any atom is 0.319 e. The minimum atomic E-state index is -0.256. The Labute approximate surface area is 134 Å². The molecule has 0 bridgehead atoms. The summed E-state index contributed by atoms with van der Waals surface area (Å²) < 4.78 is 1.71. The van der Waals surface area contributed by atoms with Gasteiger partial charge in [0.05, 0.1) is 23.8 Å². The number of benzene rings is 1. The Hall–Kier alpha value is -3.15. The number of urea groups is 1. The lowest BCUT2D eigenvalue weighted by molar-refractivity contribution is 0.252. The van der Waals surface area contributed by atoms with Gasteiger partial charge in [-0.3, -0.25) is 4.98 Å². The molecule has 0 aliphatic carbocycles. The largest absolute Gasteiger partial charge is 0.337 e. The minimum Gasteiger partial charge on any atom is -0.337 e. The molecule has 6 nitrogen and oxygen atoms in total. The molecule has 0 saturated heterocycles. The minimum absolute atomic E-state index is 0.256. The average Bonchev–Trinajstić information content (AvgIpc) is 3.05. The van der Waals surface area contributed by atoms with E-state index in [1.807, 2.05) is 48.5 Å². The zero-order valence-corrected chi connectivity index (χ0v) is 12.5. The first kappa shape index (κ1) is 14.8. The fourth-order valence-electron chi connectivity index (χ4n) is 2.13. The summed E-state index contributed by atoms with van der Waals surface area (Å²) in [5, 5.41) is 9.80. The fraction of sp³-hybridized carbons (Fsp3) is 0.118. The van der Waals surface area contributed by atoms with Crippen molar-refractivity contribution in [3.05, 3.63) is 72.8 Å². The van der Waals surface area contributed by atoms with E-state index in [1.165, 1.54) is 0 Å². The number of pyridine rings is 1. The molecular weight excluding hydrogens is 290 g/mol. The molecule has 23 heavy (non-hydrogen) atoms. The van der Waals surface area contributed by atoms with E-state index in [-0.39, 0.29) is 6.03 Å². The van der Waals surface area contributed by atoms with Crippen LogP contribution in [0, 0.1) is 0 Å². The van der Waals surface area contributed by atoms with Crippen LogP contribution in [-0.2, 0) is 6.42 Å². The first-order chi connectivity index (χ1) is 11.3. The van der Waals surface area contributed by atoms with Gasteiger partial charge in [-0.15, -0.1) is 0 Å². The van der Waals surface area contributed by atoms with Crippen molar-refractivity contribution in [1.29, 1.82) is 0 Å². The quantitative estimate of drug-likeness (QED) is 0.761. The van der Waals surface area contributed by atoms with Gasteiger partial charge < -0.3 is 10.6 Å². The number of rotatable bonds is 5. The van der Waals surface area contributed by atoms with Crippen LogP contribution in [0.2, 0.25) is 0 Å². The molecule has 6 heteroatoms. The number of aromatic nitrogens is 3. The van der Waals surface area contributed by atoms with E-state index in [0.29, 0.717) is 18.7 Å². The van der Waals surface area contributed by atoms with Crippen LogP contribution >= 0.6 is 0 Å². The van der Waals surface area contributed by atoms with Crippen LogP contribution < -0.4 is 10.6 Å². The third-order valence-electron chi connectivity index (χ3n) is 3.25. The van der Waals surface area contributed by atoms with E-state index in [9.17, 15) is 4.79 Å². The number of carbonyl (C=O) groups excluding carboxylic acids is 1. The summed E-state index contributed by atoms with van der Waals surface area (Å²) in [5.41, 5.74) is 2.53. The predicted molar refractivity (Wildman–Crippen MR) is 88.5 cm³/mol. The van der Waals surface area contributed by atoms with Gasteiger partial charge in [-0.1, -0.05) is 24.3 Å². The molecule has 2 heterocycles. The molecule has 2 aromatic heterocycles. The predicted octanol–water partition coefficient (Wildman–Crippen LogP) is 2.63. The second kappa shape index (κ2) is 7.22. The van der Waals surface area contributed by atoms with E-state index < -0.39 is 0 Å². The van der Waals surface area contributed by atoms with Gasteiger partial charge in [0.25, 0.3) is 0 Å². The Kier molecular flexibility index (Phi) is 4.63. The van der Waals surface area contributed by atoms with Crippen molar-refractivity contribution in [2.45, 2.75) is 6.42 Å². The Morgan fingerprint density at radius 3 is 2.70 bits per heavy atom. The number of carbonyl (C=O) groups is 1. The van der Waals surface area contributed by atoms with Crippen molar-refractivity contribution in [1.82, 2.24) is 20.1 Å². The van der Waals surface area contributed by atoms with E-state index in [4.69, 9.17) is 0 Å². The van der Waals surface area contributed by atoms with Crippen molar-refractivity contribution in [3.63, 3.8) is 0 Å². The summed E-state index contributed by atoms with van der Waals surface area (Å²) >= 11 is 0. The molecule has 116 valence electrons. The lowest BCUT2D eigenvalue weighted by Crippen LogP contribution is -2.30. The molecule has 0 aliphatic heterocycles. The lowest BCUT2D eigenvalue weighted by Gasteiger charge is -2.05. The Morgan fingerprint density at radius 2 is 1.91 bits per heavy atom. The molecule has 3 rings (SSSR count). The first-order valence-electron chi connectivity index (χ1n) is 7.36. The summed E-state index contributed by atoms with van der Waals surface area (Å²) in [6.07, 6.45) is 5.82. The summed E-state index contributed by atoms with van der Waals surface area (Å²) in [6.45, 7) is 0.523. The topological polar surface area (TPSA) is 71.8 Å². The van der Waals surface area contributed by atoms with Gasteiger partial charge in [-0.05, 0) is 24.3 Å². The number of nitrogens with zero attached hydrogens (tertiary/aromatic N) is 3. The highest BCUT2D eigenvalue weighted by Crippen LogP contribution is 2.10. The molecule has 2 N–H and O–H groups in total. The molecule has 0 unspecified atom stereocenters. The van der Waals surface area contributed by atoms with Gasteiger partial charge in [-0.2, -0.15) is 5.10 Å². The molecule has 0 spiro atoms. The van der Waals surface area contributed by atoms with E-state index in [1.54, 1.807) is 23.3 Å². The summed E-state index contributed by atoms with van der Waals surface area (Å²) in [5.74, 6) is 0. The summed E-state index contributed by atoms with van der Waals surface area (Å²) in [6, 6.07) is 15.2. The lowest BCUT2D eigenvalue weighted by atomic mass is 10.3. The highest BCUT2D eigenvalue weighted by Gasteiger charge is 2.05. The van der Waals surface area contributed by atoms with E-state index in [0.717, 1.165) is 11.4 Å². The number of amides is 2. The maximum atomic E-state index is 11.9. The molecule has 0 radical (unpaired) electrons. The highest BCUT2D eigenvalue weighted by atomic mass is 16.2. The van der Waals surface area contributed by atoms with Crippen LogP contribution in [0.25, 0.3) is 5.69 Å². The number of hydrogen-bond acceptors (Lipinski definition) is 3. The summed E-state index contributed by atoms with van der Waals surface area (Å²) in [7, 11) is 0. The van der Waals surface area contributed by atoms with Gasteiger partial charge in [0.2, 0.25) is 0 Å². The molecule has 0 aliphatic rings. The fourth-order valence-corrected chi connectivity index (χ4v) is 2.13. The molecule has 3 aromatic rings. The zero-order valence-electron chi connectivity index (χ0n) is 12.5. The number of nitrogens with one attached hydrogen (secondary N) is 2. The molecule has 1 aromatic carbocycles. The van der Waals surface area contributed by atoms with Gasteiger partial charge in [-0.25, -0.2) is 9.48 Å². The van der Waals surface area contributed by atoms with Crippen LogP contribution in [0.5, 0.6) is 0 Å². The smallest absolute Gasteiger partial charge is 0.319 e. The van der Waals surface area contributed by atoms with Crippen LogP contribution in [-0.4, -0.2) is 27.3 Å². The standard InChI is InChI=1S/C17H17N5O/c23-17(19-11-9-14-6-4-5-10-18-14)21-15-12-20-22(13-15)16-7-2-1-3-8-16/h1-8,10,12-13H,9,11H2,(H2,19,21,23). The molecular formula is C17H17N5O. The Balaban J connectivity index is 1.49.